The Hall–Kier alpha value is -1.39. The Morgan fingerprint density at radius 2 is 2.00 bits per heavy atom. The van der Waals surface area contributed by atoms with Crippen LogP contribution >= 0.6 is 11.3 Å². The standard InChI is InChI=1S/C14H17FN2S/c1-2-17(12-5-3-4-11(15)8-12)10-14-7-6-13(9-16)18-14/h3-8H,2,9-10,16H2,1H3. The predicted octanol–water partition coefficient (Wildman–Crippen LogP) is 3.37. The first-order chi connectivity index (χ1) is 8.72. The molecule has 2 rings (SSSR count). The molecule has 4 heteroatoms. The molecule has 2 aromatic rings. The number of nitrogens with two attached hydrogens (primary N) is 1. The summed E-state index contributed by atoms with van der Waals surface area (Å²) in [6.45, 7) is 4.29. The first-order valence-electron chi connectivity index (χ1n) is 6.01. The lowest BCUT2D eigenvalue weighted by molar-refractivity contribution is 0.626. The molecule has 1 aromatic carbocycles. The van der Waals surface area contributed by atoms with Crippen LogP contribution in [0, 0.1) is 5.82 Å². The number of hydrogen-bond acceptors (Lipinski definition) is 3. The molecule has 0 aliphatic rings. The molecule has 1 heterocycles. The quantitative estimate of drug-likeness (QED) is 0.897. The van der Waals surface area contributed by atoms with E-state index in [4.69, 9.17) is 5.73 Å². The summed E-state index contributed by atoms with van der Waals surface area (Å²) in [5.41, 5.74) is 6.52. The highest BCUT2D eigenvalue weighted by atomic mass is 32.1. The zero-order valence-corrected chi connectivity index (χ0v) is 11.2. The molecule has 0 saturated heterocycles. The van der Waals surface area contributed by atoms with Crippen LogP contribution in [-0.4, -0.2) is 6.54 Å². The van der Waals surface area contributed by atoms with Gasteiger partial charge in [-0.25, -0.2) is 4.39 Å². The fourth-order valence-electron chi connectivity index (χ4n) is 1.86. The molecule has 18 heavy (non-hydrogen) atoms. The SMILES string of the molecule is CCN(Cc1ccc(CN)s1)c1cccc(F)c1. The van der Waals surface area contributed by atoms with E-state index in [1.165, 1.54) is 15.8 Å². The summed E-state index contributed by atoms with van der Waals surface area (Å²) < 4.78 is 13.2. The first kappa shape index (κ1) is 13.1. The van der Waals surface area contributed by atoms with Gasteiger partial charge in [-0.1, -0.05) is 6.07 Å². The van der Waals surface area contributed by atoms with Gasteiger partial charge < -0.3 is 10.6 Å². The number of hydrogen-bond donors (Lipinski definition) is 1. The molecule has 0 bridgehead atoms. The summed E-state index contributed by atoms with van der Waals surface area (Å²) in [4.78, 5) is 4.58. The van der Waals surface area contributed by atoms with Gasteiger partial charge in [0.1, 0.15) is 5.82 Å². The molecule has 0 aliphatic carbocycles. The Bertz CT molecular complexity index is 510. The van der Waals surface area contributed by atoms with Gasteiger partial charge in [-0.05, 0) is 37.3 Å². The maximum Gasteiger partial charge on any atom is 0.125 e. The normalized spacial score (nSPS) is 10.6. The number of thiophene rings is 1. The summed E-state index contributed by atoms with van der Waals surface area (Å²) in [5.74, 6) is -0.195. The second kappa shape index (κ2) is 5.98. The van der Waals surface area contributed by atoms with Gasteiger partial charge in [-0.3, -0.25) is 0 Å². The van der Waals surface area contributed by atoms with Gasteiger partial charge in [0.2, 0.25) is 0 Å². The van der Waals surface area contributed by atoms with Crippen molar-refractivity contribution in [1.82, 2.24) is 0 Å². The lowest BCUT2D eigenvalue weighted by Gasteiger charge is -2.22. The van der Waals surface area contributed by atoms with Gasteiger partial charge >= 0.3 is 0 Å². The van der Waals surface area contributed by atoms with E-state index in [1.54, 1.807) is 23.5 Å². The minimum atomic E-state index is -0.195. The minimum Gasteiger partial charge on any atom is -0.367 e. The molecule has 2 nitrogen and oxygen atoms in total. The third kappa shape index (κ3) is 3.09. The van der Waals surface area contributed by atoms with Crippen LogP contribution in [0.5, 0.6) is 0 Å². The number of anilines is 1. The highest BCUT2D eigenvalue weighted by Gasteiger charge is 2.08. The van der Waals surface area contributed by atoms with Crippen LogP contribution in [0.3, 0.4) is 0 Å². The minimum absolute atomic E-state index is 0.195. The van der Waals surface area contributed by atoms with Gasteiger partial charge in [0.05, 0.1) is 6.54 Å². The molecule has 0 saturated carbocycles. The van der Waals surface area contributed by atoms with Crippen molar-refractivity contribution < 1.29 is 4.39 Å². The number of nitrogens with zero attached hydrogens (tertiary/aromatic N) is 1. The number of benzene rings is 1. The highest BCUT2D eigenvalue weighted by molar-refractivity contribution is 7.12. The summed E-state index contributed by atoms with van der Waals surface area (Å²) in [6.07, 6.45) is 0. The van der Waals surface area contributed by atoms with Gasteiger partial charge in [0, 0.05) is 28.5 Å². The van der Waals surface area contributed by atoms with Crippen LogP contribution in [0.15, 0.2) is 36.4 Å². The molecule has 0 spiro atoms. The zero-order chi connectivity index (χ0) is 13.0. The van der Waals surface area contributed by atoms with Crippen LogP contribution in [0.4, 0.5) is 10.1 Å². The molecule has 0 radical (unpaired) electrons. The second-order valence-electron chi connectivity index (χ2n) is 4.07. The average Bonchev–Trinajstić information content (AvgIpc) is 2.83. The Morgan fingerprint density at radius 1 is 1.22 bits per heavy atom. The van der Waals surface area contributed by atoms with E-state index >= 15 is 0 Å². The molecule has 0 atom stereocenters. The lowest BCUT2D eigenvalue weighted by atomic mass is 10.2. The highest BCUT2D eigenvalue weighted by Crippen LogP contribution is 2.22. The fourth-order valence-corrected chi connectivity index (χ4v) is 2.78. The molecular weight excluding hydrogens is 247 g/mol. The van der Waals surface area contributed by atoms with Crippen molar-refractivity contribution >= 4 is 17.0 Å². The Balaban J connectivity index is 2.14. The van der Waals surface area contributed by atoms with E-state index in [0.717, 1.165) is 18.8 Å². The van der Waals surface area contributed by atoms with Crippen molar-refractivity contribution in [3.63, 3.8) is 0 Å². The topological polar surface area (TPSA) is 29.3 Å². The molecule has 1 aromatic heterocycles. The number of halogens is 1. The van der Waals surface area contributed by atoms with Crippen molar-refractivity contribution in [1.29, 1.82) is 0 Å². The van der Waals surface area contributed by atoms with E-state index in [2.05, 4.69) is 24.0 Å². The molecule has 0 unspecified atom stereocenters. The first-order valence-corrected chi connectivity index (χ1v) is 6.82. The lowest BCUT2D eigenvalue weighted by Crippen LogP contribution is -2.21. The largest absolute Gasteiger partial charge is 0.367 e. The van der Waals surface area contributed by atoms with Crippen LogP contribution in [0.25, 0.3) is 0 Å². The van der Waals surface area contributed by atoms with E-state index in [1.807, 2.05) is 6.07 Å². The average molecular weight is 264 g/mol. The van der Waals surface area contributed by atoms with Gasteiger partial charge in [-0.2, -0.15) is 0 Å². The number of rotatable bonds is 5. The van der Waals surface area contributed by atoms with Crippen LogP contribution in [0.2, 0.25) is 0 Å². The van der Waals surface area contributed by atoms with Gasteiger partial charge in [0.25, 0.3) is 0 Å². The van der Waals surface area contributed by atoms with E-state index in [9.17, 15) is 4.39 Å². The van der Waals surface area contributed by atoms with E-state index < -0.39 is 0 Å². The summed E-state index contributed by atoms with van der Waals surface area (Å²) in [6, 6.07) is 10.9. The van der Waals surface area contributed by atoms with Gasteiger partial charge in [-0.15, -0.1) is 11.3 Å². The summed E-state index contributed by atoms with van der Waals surface area (Å²) in [7, 11) is 0. The Kier molecular flexibility index (Phi) is 4.33. The van der Waals surface area contributed by atoms with Crippen molar-refractivity contribution in [3.8, 4) is 0 Å². The summed E-state index contributed by atoms with van der Waals surface area (Å²) >= 11 is 1.72. The summed E-state index contributed by atoms with van der Waals surface area (Å²) in [5, 5.41) is 0. The van der Waals surface area contributed by atoms with Crippen molar-refractivity contribution in [2.24, 2.45) is 5.73 Å². The smallest absolute Gasteiger partial charge is 0.125 e. The third-order valence-electron chi connectivity index (χ3n) is 2.82. The van der Waals surface area contributed by atoms with Crippen molar-refractivity contribution in [2.75, 3.05) is 11.4 Å². The van der Waals surface area contributed by atoms with Crippen LogP contribution in [-0.2, 0) is 13.1 Å². The van der Waals surface area contributed by atoms with Crippen LogP contribution in [0.1, 0.15) is 16.7 Å². The van der Waals surface area contributed by atoms with Crippen LogP contribution < -0.4 is 10.6 Å². The predicted molar refractivity (Wildman–Crippen MR) is 75.3 cm³/mol. The maximum atomic E-state index is 13.2. The van der Waals surface area contributed by atoms with Crippen molar-refractivity contribution in [3.05, 3.63) is 52.0 Å². The van der Waals surface area contributed by atoms with Gasteiger partial charge in [0.15, 0.2) is 0 Å². The Morgan fingerprint density at radius 3 is 2.61 bits per heavy atom. The molecule has 0 aliphatic heterocycles. The zero-order valence-electron chi connectivity index (χ0n) is 10.4. The third-order valence-corrected chi connectivity index (χ3v) is 3.91. The molecule has 0 amide bonds. The monoisotopic (exact) mass is 264 g/mol. The molecule has 0 fully saturated rings. The van der Waals surface area contributed by atoms with E-state index in [-0.39, 0.29) is 5.82 Å². The Labute approximate surface area is 111 Å². The van der Waals surface area contributed by atoms with E-state index in [0.29, 0.717) is 6.54 Å². The fraction of sp³-hybridized carbons (Fsp3) is 0.286. The maximum absolute atomic E-state index is 13.2. The molecule has 2 N–H and O–H groups in total. The molecule has 96 valence electrons. The second-order valence-corrected chi connectivity index (χ2v) is 5.32. The van der Waals surface area contributed by atoms with Crippen molar-refractivity contribution in [2.45, 2.75) is 20.0 Å². The molecular formula is C14H17FN2S.